The molecule has 0 fully saturated rings. The molecule has 2 heterocycles. The summed E-state index contributed by atoms with van der Waals surface area (Å²) in [6, 6.07) is 14.6. The Balaban J connectivity index is 1.64. The lowest BCUT2D eigenvalue weighted by Crippen LogP contribution is -2.12. The van der Waals surface area contributed by atoms with E-state index < -0.39 is 4.92 Å². The molecular weight excluding hydrogens is 382 g/mol. The van der Waals surface area contributed by atoms with Crippen LogP contribution in [0.4, 0.5) is 11.4 Å². The predicted molar refractivity (Wildman–Crippen MR) is 105 cm³/mol. The molecule has 1 amide bonds. The van der Waals surface area contributed by atoms with Crippen molar-refractivity contribution in [3.63, 3.8) is 0 Å². The number of fused-ring (bicyclic) bond motifs is 1. The van der Waals surface area contributed by atoms with E-state index in [1.165, 1.54) is 18.3 Å². The van der Waals surface area contributed by atoms with Gasteiger partial charge in [-0.2, -0.15) is 0 Å². The molecule has 0 radical (unpaired) electrons. The Morgan fingerprint density at radius 3 is 2.75 bits per heavy atom. The predicted octanol–water partition coefficient (Wildman–Crippen LogP) is 4.44. The molecule has 2 aromatic carbocycles. The molecule has 8 nitrogen and oxygen atoms in total. The SMILES string of the molecule is O=C(Nc1cnc2nc(-c3cccc([N+](=O)[O-])c3)[nH]c2c1)c1ccccc1Cl. The smallest absolute Gasteiger partial charge is 0.270 e. The number of nitro groups is 1. The summed E-state index contributed by atoms with van der Waals surface area (Å²) in [5.74, 6) is 0.0888. The summed E-state index contributed by atoms with van der Waals surface area (Å²) >= 11 is 6.05. The number of nitrogens with one attached hydrogen (secondary N) is 2. The van der Waals surface area contributed by atoms with Crippen molar-refractivity contribution in [2.24, 2.45) is 0 Å². The third-order valence-electron chi connectivity index (χ3n) is 4.04. The summed E-state index contributed by atoms with van der Waals surface area (Å²) in [6.45, 7) is 0. The topological polar surface area (TPSA) is 114 Å². The Labute approximate surface area is 163 Å². The molecule has 0 aliphatic heterocycles. The second kappa shape index (κ2) is 7.09. The van der Waals surface area contributed by atoms with Crippen LogP contribution >= 0.6 is 11.6 Å². The first kappa shape index (κ1) is 17.6. The van der Waals surface area contributed by atoms with Gasteiger partial charge in [0.15, 0.2) is 5.65 Å². The molecule has 0 unspecified atom stereocenters. The van der Waals surface area contributed by atoms with Crippen LogP contribution in [0.15, 0.2) is 60.8 Å². The Kier molecular flexibility index (Phi) is 4.46. The zero-order valence-electron chi connectivity index (χ0n) is 14.2. The number of carbonyl (C=O) groups excluding carboxylic acids is 1. The number of H-pyrrole nitrogens is 1. The maximum absolute atomic E-state index is 12.4. The van der Waals surface area contributed by atoms with E-state index in [0.717, 1.165) is 0 Å². The number of halogens is 1. The number of imidazole rings is 1. The van der Waals surface area contributed by atoms with E-state index in [0.29, 0.717) is 38.8 Å². The van der Waals surface area contributed by atoms with Crippen molar-refractivity contribution >= 4 is 40.0 Å². The lowest BCUT2D eigenvalue weighted by molar-refractivity contribution is -0.384. The zero-order chi connectivity index (χ0) is 19.7. The van der Waals surface area contributed by atoms with Crippen molar-refractivity contribution in [1.29, 1.82) is 0 Å². The highest BCUT2D eigenvalue weighted by Crippen LogP contribution is 2.25. The summed E-state index contributed by atoms with van der Waals surface area (Å²) in [7, 11) is 0. The van der Waals surface area contributed by atoms with Crippen LogP contribution in [0.2, 0.25) is 5.02 Å². The number of non-ortho nitro benzene ring substituents is 1. The average Bonchev–Trinajstić information content (AvgIpc) is 3.12. The quantitative estimate of drug-likeness (QED) is 0.393. The number of aromatic nitrogens is 3. The number of amides is 1. The highest BCUT2D eigenvalue weighted by Gasteiger charge is 2.13. The van der Waals surface area contributed by atoms with Crippen molar-refractivity contribution in [2.45, 2.75) is 0 Å². The third kappa shape index (κ3) is 3.40. The Morgan fingerprint density at radius 1 is 1.14 bits per heavy atom. The van der Waals surface area contributed by atoms with Crippen LogP contribution in [-0.2, 0) is 0 Å². The zero-order valence-corrected chi connectivity index (χ0v) is 15.0. The van der Waals surface area contributed by atoms with Gasteiger partial charge in [-0.15, -0.1) is 0 Å². The number of benzene rings is 2. The van der Waals surface area contributed by atoms with Crippen LogP contribution in [0.5, 0.6) is 0 Å². The van der Waals surface area contributed by atoms with Gasteiger partial charge in [-0.1, -0.05) is 35.9 Å². The van der Waals surface area contributed by atoms with Crippen LogP contribution in [0.1, 0.15) is 10.4 Å². The molecule has 2 N–H and O–H groups in total. The van der Waals surface area contributed by atoms with Gasteiger partial charge in [-0.25, -0.2) is 9.97 Å². The second-order valence-electron chi connectivity index (χ2n) is 5.92. The summed E-state index contributed by atoms with van der Waals surface area (Å²) in [6.07, 6.45) is 1.48. The van der Waals surface area contributed by atoms with Gasteiger partial charge in [0.1, 0.15) is 5.82 Å². The molecule has 4 aromatic rings. The average molecular weight is 394 g/mol. The molecule has 4 rings (SSSR count). The minimum Gasteiger partial charge on any atom is -0.337 e. The fourth-order valence-electron chi connectivity index (χ4n) is 2.72. The number of rotatable bonds is 4. The molecule has 0 bridgehead atoms. The summed E-state index contributed by atoms with van der Waals surface area (Å²) in [5, 5.41) is 14.0. The lowest BCUT2D eigenvalue weighted by atomic mass is 10.2. The van der Waals surface area contributed by atoms with E-state index in [2.05, 4.69) is 20.3 Å². The van der Waals surface area contributed by atoms with Crippen molar-refractivity contribution in [3.05, 3.63) is 81.5 Å². The number of anilines is 1. The molecule has 0 aliphatic carbocycles. The van der Waals surface area contributed by atoms with Crippen LogP contribution in [0.25, 0.3) is 22.6 Å². The van der Waals surface area contributed by atoms with Crippen LogP contribution in [0.3, 0.4) is 0 Å². The van der Waals surface area contributed by atoms with Gasteiger partial charge in [-0.3, -0.25) is 14.9 Å². The first-order chi connectivity index (χ1) is 13.5. The van der Waals surface area contributed by atoms with E-state index in [1.54, 1.807) is 42.5 Å². The normalized spacial score (nSPS) is 10.8. The molecule has 0 spiro atoms. The molecule has 0 aliphatic rings. The highest BCUT2D eigenvalue weighted by molar-refractivity contribution is 6.34. The second-order valence-corrected chi connectivity index (χ2v) is 6.33. The summed E-state index contributed by atoms with van der Waals surface area (Å²) < 4.78 is 0. The van der Waals surface area contributed by atoms with Crippen molar-refractivity contribution < 1.29 is 9.72 Å². The number of nitro benzene ring substituents is 1. The molecule has 0 atom stereocenters. The molecule has 28 heavy (non-hydrogen) atoms. The van der Waals surface area contributed by atoms with E-state index in [9.17, 15) is 14.9 Å². The fourth-order valence-corrected chi connectivity index (χ4v) is 2.94. The monoisotopic (exact) mass is 393 g/mol. The minimum absolute atomic E-state index is 0.0291. The van der Waals surface area contributed by atoms with Gasteiger partial charge in [-0.05, 0) is 18.2 Å². The van der Waals surface area contributed by atoms with Crippen LogP contribution in [0, 0.1) is 10.1 Å². The maximum Gasteiger partial charge on any atom is 0.270 e. The van der Waals surface area contributed by atoms with Crippen LogP contribution < -0.4 is 5.32 Å². The molecular formula is C19H12ClN5O3. The lowest BCUT2D eigenvalue weighted by Gasteiger charge is -2.06. The number of carbonyl (C=O) groups is 1. The van der Waals surface area contributed by atoms with E-state index in [4.69, 9.17) is 11.6 Å². The van der Waals surface area contributed by atoms with Crippen molar-refractivity contribution in [2.75, 3.05) is 5.32 Å². The van der Waals surface area contributed by atoms with Gasteiger partial charge < -0.3 is 10.3 Å². The fraction of sp³-hybridized carbons (Fsp3) is 0. The highest BCUT2D eigenvalue weighted by atomic mass is 35.5. The summed E-state index contributed by atoms with van der Waals surface area (Å²) in [5.41, 5.74) is 2.36. The molecule has 0 saturated heterocycles. The first-order valence-electron chi connectivity index (χ1n) is 8.18. The Hall–Kier alpha value is -3.78. The van der Waals surface area contributed by atoms with E-state index in [1.807, 2.05) is 0 Å². The number of hydrogen-bond acceptors (Lipinski definition) is 5. The van der Waals surface area contributed by atoms with Crippen molar-refractivity contribution in [3.8, 4) is 11.4 Å². The van der Waals surface area contributed by atoms with E-state index in [-0.39, 0.29) is 11.6 Å². The van der Waals surface area contributed by atoms with Gasteiger partial charge in [0.2, 0.25) is 0 Å². The number of pyridine rings is 1. The number of nitrogens with zero attached hydrogens (tertiary/aromatic N) is 3. The Morgan fingerprint density at radius 2 is 1.96 bits per heavy atom. The van der Waals surface area contributed by atoms with Crippen LogP contribution in [-0.4, -0.2) is 25.8 Å². The standard InChI is InChI=1S/C19H12ClN5O3/c20-15-7-2-1-6-14(15)19(26)22-12-9-16-18(21-10-12)24-17(23-16)11-4-3-5-13(8-11)25(27)28/h1-10H,(H,22,26)(H,21,23,24). The van der Waals surface area contributed by atoms with Gasteiger partial charge in [0.25, 0.3) is 11.6 Å². The minimum atomic E-state index is -0.466. The largest absolute Gasteiger partial charge is 0.337 e. The first-order valence-corrected chi connectivity index (χ1v) is 8.55. The molecule has 0 saturated carbocycles. The van der Waals surface area contributed by atoms with Gasteiger partial charge in [0.05, 0.1) is 32.9 Å². The maximum atomic E-state index is 12.4. The summed E-state index contributed by atoms with van der Waals surface area (Å²) in [4.78, 5) is 34.5. The molecule has 138 valence electrons. The third-order valence-corrected chi connectivity index (χ3v) is 4.37. The van der Waals surface area contributed by atoms with Gasteiger partial charge in [0, 0.05) is 17.7 Å². The van der Waals surface area contributed by atoms with Crippen molar-refractivity contribution in [1.82, 2.24) is 15.0 Å². The van der Waals surface area contributed by atoms with E-state index >= 15 is 0 Å². The molecule has 2 aromatic heterocycles. The molecule has 9 heteroatoms. The Bertz CT molecular complexity index is 1220. The number of hydrogen-bond donors (Lipinski definition) is 2. The number of aromatic amines is 1. The van der Waals surface area contributed by atoms with Gasteiger partial charge >= 0.3 is 0 Å².